The highest BCUT2D eigenvalue weighted by molar-refractivity contribution is 6.05. The van der Waals surface area contributed by atoms with Crippen molar-refractivity contribution in [1.29, 1.82) is 0 Å². The molecule has 1 N–H and O–H groups in total. The maximum atomic E-state index is 12.6. The quantitative estimate of drug-likeness (QED) is 0.748. The van der Waals surface area contributed by atoms with Crippen LogP contribution in [0.1, 0.15) is 11.1 Å². The van der Waals surface area contributed by atoms with E-state index in [1.807, 2.05) is 23.1 Å². The van der Waals surface area contributed by atoms with Gasteiger partial charge in [0.05, 0.1) is 11.9 Å². The van der Waals surface area contributed by atoms with Crippen LogP contribution >= 0.6 is 0 Å². The fourth-order valence-electron chi connectivity index (χ4n) is 3.47. The van der Waals surface area contributed by atoms with E-state index < -0.39 is 0 Å². The van der Waals surface area contributed by atoms with E-state index in [0.717, 1.165) is 12.1 Å². The molecular formula is C18H18N4O. The van der Waals surface area contributed by atoms with Gasteiger partial charge in [-0.3, -0.25) is 9.88 Å². The van der Waals surface area contributed by atoms with Crippen molar-refractivity contribution >= 4 is 28.3 Å². The van der Waals surface area contributed by atoms with E-state index in [-0.39, 0.29) is 6.03 Å². The van der Waals surface area contributed by atoms with Crippen molar-refractivity contribution < 1.29 is 4.79 Å². The van der Waals surface area contributed by atoms with Crippen molar-refractivity contribution in [2.24, 2.45) is 7.05 Å². The van der Waals surface area contributed by atoms with Crippen molar-refractivity contribution in [2.45, 2.75) is 13.3 Å². The smallest absolute Gasteiger partial charge is 0.326 e. The molecule has 3 heterocycles. The first kappa shape index (κ1) is 13.8. The summed E-state index contributed by atoms with van der Waals surface area (Å²) in [6.07, 6.45) is 6.37. The standard InChI is InChI=1S/C18H18N4O/c1-12-11-21(2)16-6-5-15-14(17(12)16)7-9-22(15)18(23)20-13-4-3-8-19-10-13/h3-6,8,10-11H,7,9H2,1-2H3,(H,20,23). The number of urea groups is 1. The SMILES string of the molecule is Cc1cn(C)c2ccc3c(c12)CCN3C(=O)Nc1cccnc1. The first-order valence-corrected chi connectivity index (χ1v) is 7.71. The number of nitrogens with zero attached hydrogens (tertiary/aromatic N) is 3. The third-order valence-corrected chi connectivity index (χ3v) is 4.46. The van der Waals surface area contributed by atoms with E-state index in [2.05, 4.69) is 41.1 Å². The molecule has 5 heteroatoms. The minimum atomic E-state index is -0.107. The molecule has 0 spiro atoms. The number of fused-ring (bicyclic) bond motifs is 3. The highest BCUT2D eigenvalue weighted by atomic mass is 16.2. The molecule has 0 bridgehead atoms. The first-order valence-electron chi connectivity index (χ1n) is 7.71. The lowest BCUT2D eigenvalue weighted by Crippen LogP contribution is -2.33. The van der Waals surface area contributed by atoms with Gasteiger partial charge in [-0.05, 0) is 48.7 Å². The van der Waals surface area contributed by atoms with Crippen molar-refractivity contribution in [1.82, 2.24) is 9.55 Å². The van der Waals surface area contributed by atoms with Gasteiger partial charge < -0.3 is 9.88 Å². The Balaban J connectivity index is 1.70. The third-order valence-electron chi connectivity index (χ3n) is 4.46. The number of rotatable bonds is 1. The predicted molar refractivity (Wildman–Crippen MR) is 92.0 cm³/mol. The van der Waals surface area contributed by atoms with Crippen molar-refractivity contribution in [3.05, 3.63) is 54.0 Å². The molecule has 0 saturated heterocycles. The van der Waals surface area contributed by atoms with Gasteiger partial charge in [0.15, 0.2) is 0 Å². The second kappa shape index (κ2) is 5.12. The zero-order valence-electron chi connectivity index (χ0n) is 13.2. The van der Waals surface area contributed by atoms with Crippen molar-refractivity contribution in [2.75, 3.05) is 16.8 Å². The third kappa shape index (κ3) is 2.16. The Morgan fingerprint density at radius 3 is 2.96 bits per heavy atom. The Hall–Kier alpha value is -2.82. The molecule has 1 aliphatic rings. The zero-order chi connectivity index (χ0) is 16.0. The van der Waals surface area contributed by atoms with Gasteiger partial charge in [-0.1, -0.05) is 0 Å². The molecule has 0 atom stereocenters. The molecule has 0 fully saturated rings. The largest absolute Gasteiger partial charge is 0.350 e. The highest BCUT2D eigenvalue weighted by Crippen LogP contribution is 2.36. The number of nitrogens with one attached hydrogen (secondary N) is 1. The molecule has 0 unspecified atom stereocenters. The molecule has 0 radical (unpaired) electrons. The molecule has 116 valence electrons. The number of carbonyl (C=O) groups is 1. The lowest BCUT2D eigenvalue weighted by Gasteiger charge is -2.18. The average Bonchev–Trinajstić information content (AvgIpc) is 3.09. The minimum absolute atomic E-state index is 0.107. The minimum Gasteiger partial charge on any atom is -0.350 e. The van der Waals surface area contributed by atoms with Gasteiger partial charge >= 0.3 is 6.03 Å². The van der Waals surface area contributed by atoms with E-state index >= 15 is 0 Å². The summed E-state index contributed by atoms with van der Waals surface area (Å²) in [7, 11) is 2.06. The van der Waals surface area contributed by atoms with Crippen LogP contribution < -0.4 is 10.2 Å². The van der Waals surface area contributed by atoms with Crippen LogP contribution in [-0.4, -0.2) is 22.1 Å². The molecule has 23 heavy (non-hydrogen) atoms. The molecule has 3 aromatic rings. The maximum Gasteiger partial charge on any atom is 0.326 e. The number of hydrogen-bond donors (Lipinski definition) is 1. The van der Waals surface area contributed by atoms with E-state index in [1.165, 1.54) is 22.0 Å². The second-order valence-electron chi connectivity index (χ2n) is 5.95. The fraction of sp³-hybridized carbons (Fsp3) is 0.222. The summed E-state index contributed by atoms with van der Waals surface area (Å²) in [4.78, 5) is 18.4. The number of aryl methyl sites for hydroxylation is 2. The van der Waals surface area contributed by atoms with Crippen LogP contribution in [0, 0.1) is 6.92 Å². The Morgan fingerprint density at radius 2 is 2.17 bits per heavy atom. The lowest BCUT2D eigenvalue weighted by molar-refractivity contribution is 0.257. The van der Waals surface area contributed by atoms with E-state index in [1.54, 1.807) is 12.4 Å². The summed E-state index contributed by atoms with van der Waals surface area (Å²) in [5.41, 5.74) is 5.46. The number of amides is 2. The van der Waals surface area contributed by atoms with Crippen LogP contribution in [-0.2, 0) is 13.5 Å². The number of pyridine rings is 1. The topological polar surface area (TPSA) is 50.2 Å². The van der Waals surface area contributed by atoms with Crippen LogP contribution in [0.25, 0.3) is 10.9 Å². The summed E-state index contributed by atoms with van der Waals surface area (Å²) in [6.45, 7) is 2.83. The molecule has 4 rings (SSSR count). The number of carbonyl (C=O) groups excluding carboxylic acids is 1. The second-order valence-corrected chi connectivity index (χ2v) is 5.95. The Bertz CT molecular complexity index is 898. The number of aromatic nitrogens is 2. The predicted octanol–water partition coefficient (Wildman–Crippen LogP) is 3.48. The average molecular weight is 306 g/mol. The maximum absolute atomic E-state index is 12.6. The van der Waals surface area contributed by atoms with Crippen LogP contribution in [0.5, 0.6) is 0 Å². The summed E-state index contributed by atoms with van der Waals surface area (Å²) in [5, 5.41) is 4.19. The Labute approximate surface area is 134 Å². The molecule has 1 aliphatic heterocycles. The molecule has 0 aliphatic carbocycles. The number of benzene rings is 1. The van der Waals surface area contributed by atoms with Gasteiger partial charge in [0.1, 0.15) is 0 Å². The number of hydrogen-bond acceptors (Lipinski definition) is 2. The van der Waals surface area contributed by atoms with E-state index in [4.69, 9.17) is 0 Å². The zero-order valence-corrected chi connectivity index (χ0v) is 13.2. The van der Waals surface area contributed by atoms with E-state index in [9.17, 15) is 4.79 Å². The Kier molecular flexibility index (Phi) is 3.08. The summed E-state index contributed by atoms with van der Waals surface area (Å²) >= 11 is 0. The molecule has 2 amide bonds. The van der Waals surface area contributed by atoms with Gasteiger partial charge in [-0.25, -0.2) is 4.79 Å². The fourth-order valence-corrected chi connectivity index (χ4v) is 3.47. The van der Waals surface area contributed by atoms with Crippen LogP contribution in [0.15, 0.2) is 42.9 Å². The van der Waals surface area contributed by atoms with E-state index in [0.29, 0.717) is 12.2 Å². The normalized spacial score (nSPS) is 13.4. The molecule has 0 saturated carbocycles. The molecular weight excluding hydrogens is 288 g/mol. The highest BCUT2D eigenvalue weighted by Gasteiger charge is 2.27. The monoisotopic (exact) mass is 306 g/mol. The molecule has 2 aromatic heterocycles. The first-order chi connectivity index (χ1) is 11.1. The summed E-state index contributed by atoms with van der Waals surface area (Å²) in [5.74, 6) is 0. The number of anilines is 2. The van der Waals surface area contributed by atoms with Gasteiger partial charge in [0.2, 0.25) is 0 Å². The van der Waals surface area contributed by atoms with Crippen LogP contribution in [0.2, 0.25) is 0 Å². The van der Waals surface area contributed by atoms with Crippen molar-refractivity contribution in [3.8, 4) is 0 Å². The Morgan fingerprint density at radius 1 is 1.30 bits per heavy atom. The summed E-state index contributed by atoms with van der Waals surface area (Å²) < 4.78 is 2.14. The van der Waals surface area contributed by atoms with Gasteiger partial charge in [-0.15, -0.1) is 0 Å². The lowest BCUT2D eigenvalue weighted by atomic mass is 10.0. The van der Waals surface area contributed by atoms with Gasteiger partial charge in [0, 0.05) is 42.6 Å². The van der Waals surface area contributed by atoms with Gasteiger partial charge in [0.25, 0.3) is 0 Å². The van der Waals surface area contributed by atoms with Crippen LogP contribution in [0.3, 0.4) is 0 Å². The van der Waals surface area contributed by atoms with Crippen LogP contribution in [0.4, 0.5) is 16.2 Å². The molecule has 1 aromatic carbocycles. The summed E-state index contributed by atoms with van der Waals surface area (Å²) in [6, 6.07) is 7.69. The van der Waals surface area contributed by atoms with Gasteiger partial charge in [-0.2, -0.15) is 0 Å². The van der Waals surface area contributed by atoms with Crippen molar-refractivity contribution in [3.63, 3.8) is 0 Å². The molecule has 5 nitrogen and oxygen atoms in total.